The summed E-state index contributed by atoms with van der Waals surface area (Å²) in [5.74, 6) is 0. The van der Waals surface area contributed by atoms with Crippen LogP contribution in [0.2, 0.25) is 6.04 Å². The molecule has 6 nitrogen and oxygen atoms in total. The van der Waals surface area contributed by atoms with Crippen LogP contribution in [0, 0.1) is 0 Å². The number of rotatable bonds is 9. The molecule has 1 N–H and O–H groups in total. The summed E-state index contributed by atoms with van der Waals surface area (Å²) in [6.45, 7) is 7.70. The quantitative estimate of drug-likeness (QED) is 0.638. The van der Waals surface area contributed by atoms with Gasteiger partial charge in [0.2, 0.25) is 0 Å². The lowest BCUT2D eigenvalue weighted by atomic mass is 10.7. The van der Waals surface area contributed by atoms with Crippen LogP contribution in [0.3, 0.4) is 0 Å². The molecular weight excluding hydrogens is 242 g/mol. The third-order valence-electron chi connectivity index (χ3n) is 1.98. The maximum Gasteiger partial charge on any atom is 0.502 e. The van der Waals surface area contributed by atoms with Crippen LogP contribution in [-0.2, 0) is 18.0 Å². The zero-order chi connectivity index (χ0) is 13.1. The third kappa shape index (κ3) is 6.62. The number of ether oxygens (including phenoxy) is 1. The number of alkyl carbamates (subject to hydrolysis) is 1. The monoisotopic (exact) mass is 265 g/mol. The second-order valence-electron chi connectivity index (χ2n) is 3.15. The van der Waals surface area contributed by atoms with Gasteiger partial charge in [-0.1, -0.05) is 0 Å². The molecule has 0 heterocycles. The van der Waals surface area contributed by atoms with Crippen LogP contribution in [0.25, 0.3) is 0 Å². The lowest BCUT2D eigenvalue weighted by molar-refractivity contribution is 0.0713. The number of nitrogens with one attached hydrogen (secondary N) is 1. The first-order valence-electron chi connectivity index (χ1n) is 5.87. The summed E-state index contributed by atoms with van der Waals surface area (Å²) >= 11 is 0. The topological polar surface area (TPSA) is 66.0 Å². The van der Waals surface area contributed by atoms with Crippen molar-refractivity contribution in [3.8, 4) is 0 Å². The average Bonchev–Trinajstić information content (AvgIpc) is 2.30. The van der Waals surface area contributed by atoms with Crippen molar-refractivity contribution < 1.29 is 22.8 Å². The molecule has 0 rings (SSSR count). The van der Waals surface area contributed by atoms with Gasteiger partial charge >= 0.3 is 14.9 Å². The molecule has 0 aliphatic heterocycles. The van der Waals surface area contributed by atoms with E-state index in [1.807, 2.05) is 20.8 Å². The lowest BCUT2D eigenvalue weighted by Crippen LogP contribution is -2.48. The van der Waals surface area contributed by atoms with E-state index in [2.05, 4.69) is 10.1 Å². The van der Waals surface area contributed by atoms with E-state index in [9.17, 15) is 4.79 Å². The van der Waals surface area contributed by atoms with Crippen LogP contribution < -0.4 is 5.32 Å². The molecule has 102 valence electrons. The average molecular weight is 265 g/mol. The summed E-state index contributed by atoms with van der Waals surface area (Å²) < 4.78 is 21.4. The molecule has 0 spiro atoms. The van der Waals surface area contributed by atoms with Crippen LogP contribution in [0.4, 0.5) is 4.79 Å². The van der Waals surface area contributed by atoms with Crippen LogP contribution in [0.5, 0.6) is 0 Å². The van der Waals surface area contributed by atoms with Crippen LogP contribution in [-0.4, -0.2) is 48.4 Å². The van der Waals surface area contributed by atoms with Gasteiger partial charge in [-0.25, -0.2) is 4.79 Å². The molecule has 0 bridgehead atoms. The van der Waals surface area contributed by atoms with E-state index in [0.717, 1.165) is 0 Å². The zero-order valence-corrected chi connectivity index (χ0v) is 12.1. The summed E-state index contributed by atoms with van der Waals surface area (Å²) in [5, 5.41) is 2.60. The normalized spacial score (nSPS) is 11.3. The summed E-state index contributed by atoms with van der Waals surface area (Å²) in [5.41, 5.74) is 0. The van der Waals surface area contributed by atoms with Gasteiger partial charge in [0.15, 0.2) is 0 Å². The standard InChI is InChI=1S/C10H23NO5Si/c1-5-14-17(15-6-2,16-7-3)9-8-11-10(12)13-4/h5-9H2,1-4H3,(H,11,12). The Bertz CT molecular complexity index is 198. The molecule has 0 aromatic carbocycles. The van der Waals surface area contributed by atoms with Crippen molar-refractivity contribution >= 4 is 14.9 Å². The van der Waals surface area contributed by atoms with Crippen molar-refractivity contribution in [2.24, 2.45) is 0 Å². The highest BCUT2D eigenvalue weighted by Gasteiger charge is 2.39. The molecule has 0 unspecified atom stereocenters. The Morgan fingerprint density at radius 1 is 1.06 bits per heavy atom. The van der Waals surface area contributed by atoms with E-state index in [-0.39, 0.29) is 0 Å². The van der Waals surface area contributed by atoms with Gasteiger partial charge in [-0.05, 0) is 20.8 Å². The molecule has 0 atom stereocenters. The smallest absolute Gasteiger partial charge is 0.453 e. The maximum atomic E-state index is 10.9. The van der Waals surface area contributed by atoms with E-state index < -0.39 is 14.9 Å². The summed E-state index contributed by atoms with van der Waals surface area (Å²) in [6.07, 6.45) is -0.461. The molecule has 0 saturated heterocycles. The summed E-state index contributed by atoms with van der Waals surface area (Å²) in [6, 6.07) is 0.539. The molecule has 0 fully saturated rings. The minimum atomic E-state index is -2.65. The van der Waals surface area contributed by atoms with Crippen molar-refractivity contribution in [3.05, 3.63) is 0 Å². The highest BCUT2D eigenvalue weighted by Crippen LogP contribution is 2.15. The van der Waals surface area contributed by atoms with Gasteiger partial charge in [0, 0.05) is 32.4 Å². The van der Waals surface area contributed by atoms with E-state index >= 15 is 0 Å². The van der Waals surface area contributed by atoms with E-state index in [4.69, 9.17) is 13.3 Å². The van der Waals surface area contributed by atoms with E-state index in [1.54, 1.807) is 0 Å². The maximum absolute atomic E-state index is 10.9. The Morgan fingerprint density at radius 2 is 1.53 bits per heavy atom. The molecule has 0 aromatic heterocycles. The lowest BCUT2D eigenvalue weighted by Gasteiger charge is -2.28. The molecule has 0 aliphatic carbocycles. The van der Waals surface area contributed by atoms with Crippen LogP contribution >= 0.6 is 0 Å². The van der Waals surface area contributed by atoms with Crippen molar-refractivity contribution in [2.75, 3.05) is 33.5 Å². The molecule has 1 amide bonds. The second-order valence-corrected chi connectivity index (χ2v) is 5.88. The van der Waals surface area contributed by atoms with Crippen molar-refractivity contribution in [1.82, 2.24) is 5.32 Å². The van der Waals surface area contributed by atoms with Crippen LogP contribution in [0.1, 0.15) is 20.8 Å². The van der Waals surface area contributed by atoms with Gasteiger partial charge in [0.1, 0.15) is 0 Å². The second kappa shape index (κ2) is 9.40. The number of carbonyl (C=O) groups excluding carboxylic acids is 1. The van der Waals surface area contributed by atoms with E-state index in [0.29, 0.717) is 32.4 Å². The van der Waals surface area contributed by atoms with Gasteiger partial charge in [-0.15, -0.1) is 0 Å². The van der Waals surface area contributed by atoms with Crippen molar-refractivity contribution in [2.45, 2.75) is 26.8 Å². The predicted molar refractivity (Wildman–Crippen MR) is 65.8 cm³/mol. The van der Waals surface area contributed by atoms with Crippen molar-refractivity contribution in [3.63, 3.8) is 0 Å². The SMILES string of the molecule is CCO[Si](CCNC(=O)OC)(OCC)OCC. The van der Waals surface area contributed by atoms with Gasteiger partial charge in [0.25, 0.3) is 0 Å². The number of amides is 1. The molecule has 17 heavy (non-hydrogen) atoms. The van der Waals surface area contributed by atoms with Gasteiger partial charge in [-0.2, -0.15) is 0 Å². The van der Waals surface area contributed by atoms with E-state index in [1.165, 1.54) is 7.11 Å². The van der Waals surface area contributed by atoms with Gasteiger partial charge in [-0.3, -0.25) is 0 Å². The first kappa shape index (κ1) is 16.4. The van der Waals surface area contributed by atoms with Crippen LogP contribution in [0.15, 0.2) is 0 Å². The van der Waals surface area contributed by atoms with Crippen molar-refractivity contribution in [1.29, 1.82) is 0 Å². The van der Waals surface area contributed by atoms with Gasteiger partial charge in [0.05, 0.1) is 7.11 Å². The largest absolute Gasteiger partial charge is 0.502 e. The number of hydrogen-bond donors (Lipinski definition) is 1. The first-order valence-corrected chi connectivity index (χ1v) is 7.81. The molecule has 0 radical (unpaired) electrons. The molecular formula is C10H23NO5Si. The van der Waals surface area contributed by atoms with Gasteiger partial charge < -0.3 is 23.3 Å². The fourth-order valence-corrected chi connectivity index (χ4v) is 3.82. The first-order chi connectivity index (χ1) is 8.14. The molecule has 0 aliphatic rings. The highest BCUT2D eigenvalue weighted by molar-refractivity contribution is 6.60. The fourth-order valence-electron chi connectivity index (χ4n) is 1.39. The molecule has 0 saturated carbocycles. The third-order valence-corrected chi connectivity index (χ3v) is 5.03. The predicted octanol–water partition coefficient (Wildman–Crippen LogP) is 1.39. The Kier molecular flexibility index (Phi) is 9.05. The Hall–Kier alpha value is -0.633. The zero-order valence-electron chi connectivity index (χ0n) is 11.1. The minimum Gasteiger partial charge on any atom is -0.453 e. The number of hydrogen-bond acceptors (Lipinski definition) is 5. The number of carbonyl (C=O) groups is 1. The minimum absolute atomic E-state index is 0.416. The fraction of sp³-hybridized carbons (Fsp3) is 0.900. The highest BCUT2D eigenvalue weighted by atomic mass is 28.4. The Balaban J connectivity index is 4.27. The Morgan fingerprint density at radius 3 is 1.88 bits per heavy atom. The molecule has 0 aromatic rings. The summed E-state index contributed by atoms with van der Waals surface area (Å²) in [7, 11) is -1.32. The number of methoxy groups -OCH3 is 1. The molecule has 7 heteroatoms. The Labute approximate surface area is 104 Å². The summed E-state index contributed by atoms with van der Waals surface area (Å²) in [4.78, 5) is 10.9.